The van der Waals surface area contributed by atoms with Gasteiger partial charge in [-0.2, -0.15) is 5.10 Å². The van der Waals surface area contributed by atoms with Crippen LogP contribution in [0.2, 0.25) is 0 Å². The highest BCUT2D eigenvalue weighted by atomic mass is 16.2. The Balaban J connectivity index is 1.41. The number of nitrogens with one attached hydrogen (secondary N) is 1. The molecule has 1 aromatic carbocycles. The topological polar surface area (TPSA) is 70.5 Å². The molecule has 2 aromatic rings. The van der Waals surface area contributed by atoms with Crippen LogP contribution in [-0.4, -0.2) is 70.2 Å². The molecule has 1 aromatic heterocycles. The van der Waals surface area contributed by atoms with Crippen molar-refractivity contribution in [1.82, 2.24) is 24.9 Å². The third kappa shape index (κ3) is 4.34. The molecule has 3 heterocycles. The molecular weight excluding hydrogens is 366 g/mol. The zero-order valence-corrected chi connectivity index (χ0v) is 17.2. The first-order valence-electron chi connectivity index (χ1n) is 10.4. The smallest absolute Gasteiger partial charge is 0.253 e. The molecule has 1 unspecified atom stereocenters. The Bertz CT molecular complexity index is 889. The summed E-state index contributed by atoms with van der Waals surface area (Å²) in [6.07, 6.45) is 1.90. The first-order valence-corrected chi connectivity index (χ1v) is 10.4. The van der Waals surface area contributed by atoms with E-state index in [9.17, 15) is 9.59 Å². The lowest BCUT2D eigenvalue weighted by molar-refractivity contribution is -0.135. The molecule has 2 amide bonds. The van der Waals surface area contributed by atoms with Gasteiger partial charge in [0.15, 0.2) is 0 Å². The molecule has 4 rings (SSSR count). The number of hydrogen-bond donors (Lipinski definition) is 1. The van der Waals surface area contributed by atoms with Gasteiger partial charge in [0.25, 0.3) is 5.91 Å². The normalized spacial score (nSPS) is 20.2. The van der Waals surface area contributed by atoms with Gasteiger partial charge in [0.1, 0.15) is 0 Å². The number of piperazine rings is 1. The molecule has 2 aliphatic heterocycles. The predicted octanol–water partition coefficient (Wildman–Crippen LogP) is 1.58. The lowest BCUT2D eigenvalue weighted by Gasteiger charge is -2.41. The minimum atomic E-state index is 0.0509. The average Bonchev–Trinajstić information content (AvgIpc) is 3.05. The molecule has 2 fully saturated rings. The van der Waals surface area contributed by atoms with Crippen LogP contribution in [0.15, 0.2) is 30.3 Å². The summed E-state index contributed by atoms with van der Waals surface area (Å²) in [5.41, 5.74) is 3.96. The quantitative estimate of drug-likeness (QED) is 0.853. The maximum Gasteiger partial charge on any atom is 0.253 e. The number of aryl methyl sites for hydroxylation is 2. The monoisotopic (exact) mass is 395 g/mol. The van der Waals surface area contributed by atoms with Crippen molar-refractivity contribution >= 4 is 11.8 Å². The lowest BCUT2D eigenvalue weighted by Crippen LogP contribution is -2.57. The van der Waals surface area contributed by atoms with Crippen LogP contribution in [0, 0.1) is 13.8 Å². The molecule has 154 valence electrons. The second kappa shape index (κ2) is 8.37. The molecule has 1 N–H and O–H groups in total. The van der Waals surface area contributed by atoms with Gasteiger partial charge in [0.05, 0.1) is 18.8 Å². The number of rotatable bonds is 4. The zero-order valence-electron chi connectivity index (χ0n) is 17.2. The fourth-order valence-corrected chi connectivity index (χ4v) is 4.34. The van der Waals surface area contributed by atoms with Gasteiger partial charge in [-0.05, 0) is 50.5 Å². The Morgan fingerprint density at radius 1 is 1.21 bits per heavy atom. The number of piperidine rings is 1. The number of carbonyl (C=O) groups excluding carboxylic acids is 2. The molecular formula is C22H29N5O2. The van der Waals surface area contributed by atoms with Crippen LogP contribution in [0.1, 0.15) is 40.2 Å². The molecule has 0 saturated carbocycles. The Kier molecular flexibility index (Phi) is 5.67. The lowest BCUT2D eigenvalue weighted by atomic mass is 10.0. The summed E-state index contributed by atoms with van der Waals surface area (Å²) in [5.74, 6) is 0.194. The van der Waals surface area contributed by atoms with Crippen molar-refractivity contribution in [2.24, 2.45) is 0 Å². The highest BCUT2D eigenvalue weighted by molar-refractivity contribution is 5.94. The van der Waals surface area contributed by atoms with Gasteiger partial charge < -0.3 is 15.1 Å². The Morgan fingerprint density at radius 2 is 2.00 bits per heavy atom. The molecule has 7 heteroatoms. The summed E-state index contributed by atoms with van der Waals surface area (Å²) in [6.45, 7) is 8.08. The van der Waals surface area contributed by atoms with E-state index in [4.69, 9.17) is 0 Å². The number of nitrogens with zero attached hydrogens (tertiary/aromatic N) is 4. The second-order valence-corrected chi connectivity index (χ2v) is 8.09. The van der Waals surface area contributed by atoms with Gasteiger partial charge in [-0.3, -0.25) is 14.3 Å². The number of aromatic nitrogens is 2. The summed E-state index contributed by atoms with van der Waals surface area (Å²) in [7, 11) is 0. The molecule has 0 radical (unpaired) electrons. The van der Waals surface area contributed by atoms with E-state index >= 15 is 0 Å². The van der Waals surface area contributed by atoms with Crippen LogP contribution in [0.5, 0.6) is 0 Å². The fraction of sp³-hybridized carbons (Fsp3) is 0.500. The van der Waals surface area contributed by atoms with E-state index in [0.717, 1.165) is 49.4 Å². The van der Waals surface area contributed by atoms with Gasteiger partial charge in [-0.25, -0.2) is 0 Å². The van der Waals surface area contributed by atoms with Crippen molar-refractivity contribution in [2.75, 3.05) is 32.7 Å². The predicted molar refractivity (Wildman–Crippen MR) is 111 cm³/mol. The Morgan fingerprint density at radius 3 is 2.69 bits per heavy atom. The summed E-state index contributed by atoms with van der Waals surface area (Å²) in [4.78, 5) is 29.1. The summed E-state index contributed by atoms with van der Waals surface area (Å²) in [6, 6.07) is 10.0. The number of amides is 2. The fourth-order valence-electron chi connectivity index (χ4n) is 4.34. The van der Waals surface area contributed by atoms with Crippen molar-refractivity contribution in [3.05, 3.63) is 52.8 Å². The standard InChI is InChI=1S/C22H29N5O2/c1-16-12-17(2)27(24-16)14-18-5-7-19(8-6-18)22(29)25-10-3-4-20(15-25)26-11-9-23-13-21(26)28/h5-8,12,20,23H,3-4,9-11,13-15H2,1-2H3. The van der Waals surface area contributed by atoms with Crippen molar-refractivity contribution in [1.29, 1.82) is 0 Å². The molecule has 0 aliphatic carbocycles. The number of carbonyl (C=O) groups is 2. The summed E-state index contributed by atoms with van der Waals surface area (Å²) >= 11 is 0. The van der Waals surface area contributed by atoms with E-state index in [1.807, 2.05) is 52.6 Å². The highest BCUT2D eigenvalue weighted by Crippen LogP contribution is 2.19. The summed E-state index contributed by atoms with van der Waals surface area (Å²) < 4.78 is 1.98. The Labute approximate surface area is 171 Å². The van der Waals surface area contributed by atoms with Crippen LogP contribution in [0.4, 0.5) is 0 Å². The molecule has 0 bridgehead atoms. The first-order chi connectivity index (χ1) is 14.0. The Hall–Kier alpha value is -2.67. The van der Waals surface area contributed by atoms with E-state index in [-0.39, 0.29) is 17.9 Å². The highest BCUT2D eigenvalue weighted by Gasteiger charge is 2.31. The van der Waals surface area contributed by atoms with Gasteiger partial charge in [0.2, 0.25) is 5.91 Å². The average molecular weight is 396 g/mol. The number of hydrogen-bond acceptors (Lipinski definition) is 4. The van der Waals surface area contributed by atoms with Crippen LogP contribution in [0.25, 0.3) is 0 Å². The van der Waals surface area contributed by atoms with E-state index in [1.54, 1.807) is 0 Å². The van der Waals surface area contributed by atoms with Crippen molar-refractivity contribution in [3.63, 3.8) is 0 Å². The maximum absolute atomic E-state index is 13.0. The molecule has 1 atom stereocenters. The van der Waals surface area contributed by atoms with Crippen LogP contribution < -0.4 is 5.32 Å². The molecule has 2 aliphatic rings. The van der Waals surface area contributed by atoms with E-state index in [2.05, 4.69) is 16.5 Å². The molecule has 29 heavy (non-hydrogen) atoms. The third-order valence-electron chi connectivity index (χ3n) is 5.89. The third-order valence-corrected chi connectivity index (χ3v) is 5.89. The van der Waals surface area contributed by atoms with Gasteiger partial charge in [-0.1, -0.05) is 12.1 Å². The van der Waals surface area contributed by atoms with E-state index in [1.165, 1.54) is 0 Å². The zero-order chi connectivity index (χ0) is 20.4. The van der Waals surface area contributed by atoms with Crippen LogP contribution in [0.3, 0.4) is 0 Å². The SMILES string of the molecule is Cc1cc(C)n(Cc2ccc(C(=O)N3CCCC(N4CCNCC4=O)C3)cc2)n1. The van der Waals surface area contributed by atoms with E-state index in [0.29, 0.717) is 25.2 Å². The maximum atomic E-state index is 13.0. The molecule has 0 spiro atoms. The molecule has 7 nitrogen and oxygen atoms in total. The number of likely N-dealkylation sites (tertiary alicyclic amines) is 1. The van der Waals surface area contributed by atoms with Crippen molar-refractivity contribution in [3.8, 4) is 0 Å². The van der Waals surface area contributed by atoms with Crippen molar-refractivity contribution in [2.45, 2.75) is 39.3 Å². The summed E-state index contributed by atoms with van der Waals surface area (Å²) in [5, 5.41) is 7.61. The minimum absolute atomic E-state index is 0.0509. The van der Waals surface area contributed by atoms with Gasteiger partial charge >= 0.3 is 0 Å². The largest absolute Gasteiger partial charge is 0.337 e. The first kappa shape index (κ1) is 19.6. The van der Waals surface area contributed by atoms with Gasteiger partial charge in [0, 0.05) is 43.5 Å². The van der Waals surface area contributed by atoms with Crippen LogP contribution >= 0.6 is 0 Å². The van der Waals surface area contributed by atoms with Crippen LogP contribution in [-0.2, 0) is 11.3 Å². The van der Waals surface area contributed by atoms with Crippen molar-refractivity contribution < 1.29 is 9.59 Å². The van der Waals surface area contributed by atoms with E-state index < -0.39 is 0 Å². The molecule has 2 saturated heterocycles. The van der Waals surface area contributed by atoms with Gasteiger partial charge in [-0.15, -0.1) is 0 Å². The number of benzene rings is 1. The minimum Gasteiger partial charge on any atom is -0.337 e. The second-order valence-electron chi connectivity index (χ2n) is 8.09.